The number of nitrogens with two attached hydrogens (primary N) is 1. The summed E-state index contributed by atoms with van der Waals surface area (Å²) in [6.07, 6.45) is 3.26. The van der Waals surface area contributed by atoms with Crippen molar-refractivity contribution in [3.8, 4) is 11.8 Å². The first-order chi connectivity index (χ1) is 9.70. The lowest BCUT2D eigenvalue weighted by molar-refractivity contribution is 0.102. The average molecular weight is 265 g/mol. The normalized spacial score (nSPS) is 9.50. The first-order valence-corrected chi connectivity index (χ1v) is 6.21. The Morgan fingerprint density at radius 1 is 1.40 bits per heavy atom. The van der Waals surface area contributed by atoms with Gasteiger partial charge in [0.1, 0.15) is 0 Å². The molecule has 4 heteroatoms. The monoisotopic (exact) mass is 265 g/mol. The number of carbonyl (C=O) groups excluding carboxylic acids is 1. The van der Waals surface area contributed by atoms with E-state index in [2.05, 4.69) is 22.1 Å². The van der Waals surface area contributed by atoms with E-state index in [-0.39, 0.29) is 5.91 Å². The summed E-state index contributed by atoms with van der Waals surface area (Å²) in [6.45, 7) is 2.18. The fourth-order valence-electron chi connectivity index (χ4n) is 1.73. The topological polar surface area (TPSA) is 68.0 Å². The van der Waals surface area contributed by atoms with E-state index in [0.717, 1.165) is 11.1 Å². The van der Waals surface area contributed by atoms with E-state index in [4.69, 9.17) is 5.73 Å². The standard InChI is InChI=1S/C16H15N3O/c1-12-6-7-13(4-2-8-17)10-15(12)16(20)19-14-5-3-9-18-11-14/h3,5-7,9-11H,8,17H2,1H3,(H,19,20). The van der Waals surface area contributed by atoms with Gasteiger partial charge in [0.25, 0.3) is 5.91 Å². The number of anilines is 1. The maximum Gasteiger partial charge on any atom is 0.256 e. The molecular formula is C16H15N3O. The van der Waals surface area contributed by atoms with Crippen LogP contribution in [-0.4, -0.2) is 17.4 Å². The summed E-state index contributed by atoms with van der Waals surface area (Å²) in [7, 11) is 0. The molecule has 0 aliphatic carbocycles. The third-order valence-corrected chi connectivity index (χ3v) is 2.74. The van der Waals surface area contributed by atoms with Crippen molar-refractivity contribution in [2.45, 2.75) is 6.92 Å². The Morgan fingerprint density at radius 3 is 2.95 bits per heavy atom. The van der Waals surface area contributed by atoms with Crippen molar-refractivity contribution in [2.75, 3.05) is 11.9 Å². The van der Waals surface area contributed by atoms with Crippen molar-refractivity contribution in [3.63, 3.8) is 0 Å². The van der Waals surface area contributed by atoms with Gasteiger partial charge in [-0.05, 0) is 36.8 Å². The van der Waals surface area contributed by atoms with Gasteiger partial charge in [0.15, 0.2) is 0 Å². The number of nitrogens with zero attached hydrogens (tertiary/aromatic N) is 1. The summed E-state index contributed by atoms with van der Waals surface area (Å²) < 4.78 is 0. The van der Waals surface area contributed by atoms with Crippen molar-refractivity contribution in [3.05, 3.63) is 59.4 Å². The van der Waals surface area contributed by atoms with E-state index in [1.807, 2.05) is 19.1 Å². The second-order valence-corrected chi connectivity index (χ2v) is 4.23. The molecule has 0 aliphatic rings. The highest BCUT2D eigenvalue weighted by molar-refractivity contribution is 6.05. The van der Waals surface area contributed by atoms with Crippen molar-refractivity contribution in [1.29, 1.82) is 0 Å². The third-order valence-electron chi connectivity index (χ3n) is 2.74. The summed E-state index contributed by atoms with van der Waals surface area (Å²) in [5.74, 6) is 5.53. The molecule has 2 rings (SSSR count). The quantitative estimate of drug-likeness (QED) is 0.815. The Balaban J connectivity index is 2.25. The van der Waals surface area contributed by atoms with Crippen LogP contribution in [0.2, 0.25) is 0 Å². The number of nitrogens with one attached hydrogen (secondary N) is 1. The molecule has 3 N–H and O–H groups in total. The van der Waals surface area contributed by atoms with Gasteiger partial charge in [-0.3, -0.25) is 9.78 Å². The number of hydrogen-bond donors (Lipinski definition) is 2. The number of aryl methyl sites for hydroxylation is 1. The number of rotatable bonds is 2. The summed E-state index contributed by atoms with van der Waals surface area (Å²) in [5.41, 5.74) is 8.27. The number of amides is 1. The van der Waals surface area contributed by atoms with Crippen molar-refractivity contribution >= 4 is 11.6 Å². The molecule has 0 bridgehead atoms. The van der Waals surface area contributed by atoms with Crippen molar-refractivity contribution in [2.24, 2.45) is 5.73 Å². The first-order valence-electron chi connectivity index (χ1n) is 6.21. The van der Waals surface area contributed by atoms with Crippen molar-refractivity contribution < 1.29 is 4.79 Å². The second-order valence-electron chi connectivity index (χ2n) is 4.23. The van der Waals surface area contributed by atoms with Crippen LogP contribution in [0, 0.1) is 18.8 Å². The molecule has 0 spiro atoms. The molecule has 0 fully saturated rings. The maximum absolute atomic E-state index is 12.2. The van der Waals surface area contributed by atoms with E-state index in [9.17, 15) is 4.79 Å². The maximum atomic E-state index is 12.2. The molecule has 0 saturated heterocycles. The zero-order valence-corrected chi connectivity index (χ0v) is 11.2. The molecule has 0 aliphatic heterocycles. The molecule has 1 amide bonds. The molecule has 100 valence electrons. The molecular weight excluding hydrogens is 250 g/mol. The number of pyridine rings is 1. The summed E-state index contributed by atoms with van der Waals surface area (Å²) in [6, 6.07) is 9.07. The average Bonchev–Trinajstić information content (AvgIpc) is 2.47. The van der Waals surface area contributed by atoms with Gasteiger partial charge in [-0.1, -0.05) is 17.9 Å². The highest BCUT2D eigenvalue weighted by Crippen LogP contribution is 2.13. The van der Waals surface area contributed by atoms with E-state index in [1.165, 1.54) is 0 Å². The largest absolute Gasteiger partial charge is 0.321 e. The highest BCUT2D eigenvalue weighted by Gasteiger charge is 2.09. The zero-order valence-electron chi connectivity index (χ0n) is 11.2. The van der Waals surface area contributed by atoms with E-state index < -0.39 is 0 Å². The Morgan fingerprint density at radius 2 is 2.25 bits per heavy atom. The minimum Gasteiger partial charge on any atom is -0.321 e. The minimum absolute atomic E-state index is 0.174. The van der Waals surface area contributed by atoms with Gasteiger partial charge in [0.05, 0.1) is 18.4 Å². The highest BCUT2D eigenvalue weighted by atomic mass is 16.1. The number of hydrogen-bond acceptors (Lipinski definition) is 3. The van der Waals surface area contributed by atoms with Crippen LogP contribution in [0.15, 0.2) is 42.7 Å². The van der Waals surface area contributed by atoms with Gasteiger partial charge in [-0.25, -0.2) is 0 Å². The SMILES string of the molecule is Cc1ccc(C#CCN)cc1C(=O)Nc1cccnc1. The summed E-state index contributed by atoms with van der Waals surface area (Å²) in [4.78, 5) is 16.2. The fourth-order valence-corrected chi connectivity index (χ4v) is 1.73. The molecule has 0 unspecified atom stereocenters. The van der Waals surface area contributed by atoms with E-state index in [1.54, 1.807) is 30.6 Å². The van der Waals surface area contributed by atoms with Gasteiger partial charge < -0.3 is 11.1 Å². The Hall–Kier alpha value is -2.64. The molecule has 0 saturated carbocycles. The Bertz CT molecular complexity index is 669. The molecule has 4 nitrogen and oxygen atoms in total. The summed E-state index contributed by atoms with van der Waals surface area (Å²) in [5, 5.41) is 2.81. The van der Waals surface area contributed by atoms with Gasteiger partial charge in [0, 0.05) is 17.3 Å². The van der Waals surface area contributed by atoms with E-state index >= 15 is 0 Å². The molecule has 0 atom stereocenters. The lowest BCUT2D eigenvalue weighted by atomic mass is 10.0. The van der Waals surface area contributed by atoms with Crippen LogP contribution in [0.4, 0.5) is 5.69 Å². The predicted molar refractivity (Wildman–Crippen MR) is 79.3 cm³/mol. The molecule has 1 heterocycles. The minimum atomic E-state index is -0.174. The van der Waals surface area contributed by atoms with Crippen LogP contribution < -0.4 is 11.1 Å². The van der Waals surface area contributed by atoms with Crippen LogP contribution in [0.1, 0.15) is 21.5 Å². The Kier molecular flexibility index (Phi) is 4.48. The molecule has 1 aromatic heterocycles. The molecule has 2 aromatic rings. The lowest BCUT2D eigenvalue weighted by Gasteiger charge is -2.07. The number of benzene rings is 1. The van der Waals surface area contributed by atoms with Crippen LogP contribution >= 0.6 is 0 Å². The van der Waals surface area contributed by atoms with Crippen LogP contribution in [0.3, 0.4) is 0 Å². The van der Waals surface area contributed by atoms with Gasteiger partial charge in [0.2, 0.25) is 0 Å². The van der Waals surface area contributed by atoms with Crippen LogP contribution in [0.25, 0.3) is 0 Å². The second kappa shape index (κ2) is 6.50. The van der Waals surface area contributed by atoms with Gasteiger partial charge >= 0.3 is 0 Å². The van der Waals surface area contributed by atoms with Crippen LogP contribution in [0.5, 0.6) is 0 Å². The Labute approximate surface area is 118 Å². The zero-order chi connectivity index (χ0) is 14.4. The van der Waals surface area contributed by atoms with Crippen LogP contribution in [-0.2, 0) is 0 Å². The number of aromatic nitrogens is 1. The first kappa shape index (κ1) is 13.8. The van der Waals surface area contributed by atoms with Gasteiger partial charge in [-0.15, -0.1) is 0 Å². The van der Waals surface area contributed by atoms with E-state index in [0.29, 0.717) is 17.8 Å². The lowest BCUT2D eigenvalue weighted by Crippen LogP contribution is -2.13. The molecule has 20 heavy (non-hydrogen) atoms. The fraction of sp³-hybridized carbons (Fsp3) is 0.125. The summed E-state index contributed by atoms with van der Waals surface area (Å²) >= 11 is 0. The van der Waals surface area contributed by atoms with Gasteiger partial charge in [-0.2, -0.15) is 0 Å². The third kappa shape index (κ3) is 3.44. The van der Waals surface area contributed by atoms with Crippen molar-refractivity contribution in [1.82, 2.24) is 4.98 Å². The molecule has 0 radical (unpaired) electrons. The predicted octanol–water partition coefficient (Wildman–Crippen LogP) is 1.95. The smallest absolute Gasteiger partial charge is 0.256 e. The number of carbonyl (C=O) groups is 1. The molecule has 1 aromatic carbocycles.